The lowest BCUT2D eigenvalue weighted by atomic mass is 10.0. The van der Waals surface area contributed by atoms with Crippen LogP contribution < -0.4 is 0 Å². The molecule has 1 aliphatic heterocycles. The maximum absolute atomic E-state index is 12.3. The highest BCUT2D eigenvalue weighted by Crippen LogP contribution is 2.27. The minimum Gasteiger partial charge on any atom is -0.478 e. The molecule has 0 spiro atoms. The summed E-state index contributed by atoms with van der Waals surface area (Å²) in [7, 11) is -3.52. The maximum atomic E-state index is 12.3. The van der Waals surface area contributed by atoms with Crippen LogP contribution in [0.4, 0.5) is 0 Å². The Hall–Kier alpha value is -0.920. The lowest BCUT2D eigenvalue weighted by Gasteiger charge is -2.29. The molecule has 1 atom stereocenters. The van der Waals surface area contributed by atoms with Gasteiger partial charge in [0.25, 0.3) is 10.0 Å². The van der Waals surface area contributed by atoms with Crippen LogP contribution in [0.2, 0.25) is 0 Å². The summed E-state index contributed by atoms with van der Waals surface area (Å²) in [6, 6.07) is 1.24. The van der Waals surface area contributed by atoms with Crippen molar-refractivity contribution < 1.29 is 18.3 Å². The SMILES string of the molecule is C[C@@H]1CCCN(S(=O)(=O)c2cc(C(=O)O)cs2)C1. The van der Waals surface area contributed by atoms with Gasteiger partial charge in [-0.3, -0.25) is 0 Å². The van der Waals surface area contributed by atoms with Gasteiger partial charge in [-0.05, 0) is 24.8 Å². The van der Waals surface area contributed by atoms with Gasteiger partial charge in [0.2, 0.25) is 0 Å². The molecule has 1 saturated heterocycles. The highest BCUT2D eigenvalue weighted by atomic mass is 32.2. The van der Waals surface area contributed by atoms with Crippen LogP contribution in [-0.4, -0.2) is 36.9 Å². The molecule has 0 radical (unpaired) electrons. The van der Waals surface area contributed by atoms with Crippen LogP contribution in [0.1, 0.15) is 30.1 Å². The van der Waals surface area contributed by atoms with E-state index in [9.17, 15) is 13.2 Å². The van der Waals surface area contributed by atoms with Crippen molar-refractivity contribution in [2.75, 3.05) is 13.1 Å². The second kappa shape index (κ2) is 4.99. The van der Waals surface area contributed by atoms with Gasteiger partial charge in [-0.1, -0.05) is 6.92 Å². The molecule has 2 heterocycles. The largest absolute Gasteiger partial charge is 0.478 e. The van der Waals surface area contributed by atoms with E-state index in [0.717, 1.165) is 24.2 Å². The van der Waals surface area contributed by atoms with E-state index in [4.69, 9.17) is 5.11 Å². The van der Waals surface area contributed by atoms with Gasteiger partial charge < -0.3 is 5.11 Å². The zero-order chi connectivity index (χ0) is 13.3. The summed E-state index contributed by atoms with van der Waals surface area (Å²) >= 11 is 0.969. The highest BCUT2D eigenvalue weighted by molar-refractivity contribution is 7.91. The van der Waals surface area contributed by atoms with Crippen LogP contribution in [0.3, 0.4) is 0 Å². The number of carbonyl (C=O) groups is 1. The predicted octanol–water partition coefficient (Wildman–Crippen LogP) is 1.87. The smallest absolute Gasteiger partial charge is 0.336 e. The zero-order valence-electron chi connectivity index (χ0n) is 10.00. The summed E-state index contributed by atoms with van der Waals surface area (Å²) in [6.45, 7) is 3.06. The zero-order valence-corrected chi connectivity index (χ0v) is 11.6. The monoisotopic (exact) mass is 289 g/mol. The van der Waals surface area contributed by atoms with E-state index >= 15 is 0 Å². The standard InChI is InChI=1S/C11H15NO4S2/c1-8-3-2-4-12(6-8)18(15,16)10-5-9(7-17-10)11(13)14/h5,7-8H,2-4,6H2,1H3,(H,13,14)/t8-/m1/s1. The third-order valence-electron chi connectivity index (χ3n) is 3.04. The number of carboxylic acids is 1. The Bertz CT molecular complexity index is 549. The van der Waals surface area contributed by atoms with Gasteiger partial charge in [0, 0.05) is 18.5 Å². The van der Waals surface area contributed by atoms with Gasteiger partial charge in [0.1, 0.15) is 4.21 Å². The second-order valence-corrected chi connectivity index (χ2v) is 7.65. The summed E-state index contributed by atoms with van der Waals surface area (Å²) in [5.74, 6) is -0.743. The van der Waals surface area contributed by atoms with E-state index in [2.05, 4.69) is 0 Å². The van der Waals surface area contributed by atoms with Crippen molar-refractivity contribution in [2.45, 2.75) is 24.0 Å². The summed E-state index contributed by atoms with van der Waals surface area (Å²) < 4.78 is 26.2. The topological polar surface area (TPSA) is 74.7 Å². The predicted molar refractivity (Wildman–Crippen MR) is 68.4 cm³/mol. The first kappa shape index (κ1) is 13.5. The molecular weight excluding hydrogens is 274 g/mol. The van der Waals surface area contributed by atoms with Crippen LogP contribution in [0.5, 0.6) is 0 Å². The number of piperidine rings is 1. The Morgan fingerprint density at radius 3 is 2.83 bits per heavy atom. The molecule has 0 unspecified atom stereocenters. The summed E-state index contributed by atoms with van der Waals surface area (Å²) in [6.07, 6.45) is 1.90. The fraction of sp³-hybridized carbons (Fsp3) is 0.545. The first-order chi connectivity index (χ1) is 8.41. The van der Waals surface area contributed by atoms with Crippen molar-refractivity contribution in [3.8, 4) is 0 Å². The maximum Gasteiger partial charge on any atom is 0.336 e. The van der Waals surface area contributed by atoms with Gasteiger partial charge in [-0.25, -0.2) is 13.2 Å². The van der Waals surface area contributed by atoms with Crippen molar-refractivity contribution in [3.05, 3.63) is 17.0 Å². The lowest BCUT2D eigenvalue weighted by molar-refractivity contribution is 0.0697. The van der Waals surface area contributed by atoms with E-state index in [-0.39, 0.29) is 9.77 Å². The fourth-order valence-electron chi connectivity index (χ4n) is 2.06. The molecule has 1 N–H and O–H groups in total. The molecule has 0 amide bonds. The lowest BCUT2D eigenvalue weighted by Crippen LogP contribution is -2.38. The first-order valence-corrected chi connectivity index (χ1v) is 8.05. The molecule has 100 valence electrons. The average Bonchev–Trinajstić information content (AvgIpc) is 2.79. The summed E-state index contributed by atoms with van der Waals surface area (Å²) in [5.41, 5.74) is 0.0311. The normalized spacial score (nSPS) is 21.9. The highest BCUT2D eigenvalue weighted by Gasteiger charge is 2.30. The van der Waals surface area contributed by atoms with Crippen LogP contribution in [0, 0.1) is 5.92 Å². The molecule has 7 heteroatoms. The van der Waals surface area contributed by atoms with E-state index in [0.29, 0.717) is 19.0 Å². The van der Waals surface area contributed by atoms with Crippen LogP contribution in [0.25, 0.3) is 0 Å². The number of thiophene rings is 1. The number of rotatable bonds is 3. The fourth-order valence-corrected chi connectivity index (χ4v) is 4.96. The third kappa shape index (κ3) is 2.57. The number of nitrogens with zero attached hydrogens (tertiary/aromatic N) is 1. The molecular formula is C11H15NO4S2. The number of hydrogen-bond donors (Lipinski definition) is 1. The van der Waals surface area contributed by atoms with E-state index in [1.54, 1.807) is 0 Å². The minimum atomic E-state index is -3.52. The number of carboxylic acid groups (broad SMARTS) is 1. The van der Waals surface area contributed by atoms with E-state index in [1.807, 2.05) is 6.92 Å². The van der Waals surface area contributed by atoms with Crippen molar-refractivity contribution in [1.82, 2.24) is 4.31 Å². The Labute approximate surface area is 110 Å². The Balaban J connectivity index is 2.26. The molecule has 18 heavy (non-hydrogen) atoms. The van der Waals surface area contributed by atoms with Crippen LogP contribution >= 0.6 is 11.3 Å². The second-order valence-electron chi connectivity index (χ2n) is 4.57. The quantitative estimate of drug-likeness (QED) is 0.921. The number of aromatic carboxylic acids is 1. The molecule has 2 rings (SSSR count). The summed E-state index contributed by atoms with van der Waals surface area (Å²) in [5, 5.41) is 10.2. The Morgan fingerprint density at radius 1 is 1.56 bits per heavy atom. The number of hydrogen-bond acceptors (Lipinski definition) is 4. The van der Waals surface area contributed by atoms with Crippen LogP contribution in [0.15, 0.2) is 15.7 Å². The van der Waals surface area contributed by atoms with Crippen molar-refractivity contribution in [1.29, 1.82) is 0 Å². The summed E-state index contributed by atoms with van der Waals surface area (Å²) in [4.78, 5) is 10.8. The Kier molecular flexibility index (Phi) is 3.74. The molecule has 5 nitrogen and oxygen atoms in total. The molecule has 1 fully saturated rings. The minimum absolute atomic E-state index is 0.0311. The van der Waals surface area contributed by atoms with Gasteiger partial charge in [0.15, 0.2) is 0 Å². The molecule has 1 aromatic heterocycles. The first-order valence-electron chi connectivity index (χ1n) is 5.73. The van der Waals surface area contributed by atoms with Crippen molar-refractivity contribution in [2.24, 2.45) is 5.92 Å². The molecule has 0 aliphatic carbocycles. The van der Waals surface area contributed by atoms with Crippen LogP contribution in [-0.2, 0) is 10.0 Å². The third-order valence-corrected chi connectivity index (χ3v) is 6.32. The molecule has 0 aromatic carbocycles. The van der Waals surface area contributed by atoms with Crippen molar-refractivity contribution in [3.63, 3.8) is 0 Å². The van der Waals surface area contributed by atoms with Gasteiger partial charge >= 0.3 is 5.97 Å². The van der Waals surface area contributed by atoms with E-state index < -0.39 is 16.0 Å². The van der Waals surface area contributed by atoms with Gasteiger partial charge in [-0.2, -0.15) is 4.31 Å². The molecule has 0 saturated carbocycles. The molecule has 1 aliphatic rings. The van der Waals surface area contributed by atoms with Crippen molar-refractivity contribution >= 4 is 27.3 Å². The molecule has 0 bridgehead atoms. The van der Waals surface area contributed by atoms with Gasteiger partial charge in [-0.15, -0.1) is 11.3 Å². The average molecular weight is 289 g/mol. The number of sulfonamides is 1. The molecule has 1 aromatic rings. The van der Waals surface area contributed by atoms with E-state index in [1.165, 1.54) is 15.8 Å². The van der Waals surface area contributed by atoms with Gasteiger partial charge in [0.05, 0.1) is 5.56 Å². The Morgan fingerprint density at radius 2 is 2.28 bits per heavy atom.